The van der Waals surface area contributed by atoms with E-state index in [0.29, 0.717) is 30.6 Å². The van der Waals surface area contributed by atoms with E-state index in [1.807, 2.05) is 20.8 Å². The van der Waals surface area contributed by atoms with Crippen LogP contribution in [0.1, 0.15) is 62.4 Å². The Hall–Kier alpha value is -1.95. The van der Waals surface area contributed by atoms with Crippen molar-refractivity contribution in [2.24, 2.45) is 5.92 Å². The predicted octanol–water partition coefficient (Wildman–Crippen LogP) is 2.93. The summed E-state index contributed by atoms with van der Waals surface area (Å²) in [4.78, 5) is 24.1. The van der Waals surface area contributed by atoms with E-state index in [4.69, 9.17) is 0 Å². The molecule has 150 valence electrons. The topological polar surface area (TPSA) is 70.2 Å². The van der Waals surface area contributed by atoms with Crippen molar-refractivity contribution in [1.29, 1.82) is 0 Å². The van der Waals surface area contributed by atoms with Crippen molar-refractivity contribution in [2.45, 2.75) is 65.0 Å². The first-order valence-corrected chi connectivity index (χ1v) is 9.72. The summed E-state index contributed by atoms with van der Waals surface area (Å²) in [6.45, 7) is 8.62. The zero-order valence-electron chi connectivity index (χ0n) is 16.8. The van der Waals surface area contributed by atoms with Crippen LogP contribution in [0.15, 0.2) is 18.2 Å². The van der Waals surface area contributed by atoms with Crippen LogP contribution in [-0.4, -0.2) is 36.5 Å². The molecule has 1 aliphatic rings. The van der Waals surface area contributed by atoms with Crippen LogP contribution in [0.3, 0.4) is 0 Å². The van der Waals surface area contributed by atoms with Gasteiger partial charge in [0.15, 0.2) is 0 Å². The lowest BCUT2D eigenvalue weighted by Crippen LogP contribution is -2.47. The van der Waals surface area contributed by atoms with E-state index in [0.717, 1.165) is 31.2 Å². The Bertz CT molecular complexity index is 642. The van der Waals surface area contributed by atoms with E-state index in [9.17, 15) is 14.0 Å². The highest BCUT2D eigenvalue weighted by Crippen LogP contribution is 2.23. The average Bonchev–Trinajstić information content (AvgIpc) is 2.56. The van der Waals surface area contributed by atoms with Crippen molar-refractivity contribution >= 4 is 11.8 Å². The summed E-state index contributed by atoms with van der Waals surface area (Å²) >= 11 is 0. The summed E-state index contributed by atoms with van der Waals surface area (Å²) in [5.41, 5.74) is 0.893. The first-order valence-electron chi connectivity index (χ1n) is 9.72. The minimum absolute atomic E-state index is 0.0160. The molecule has 1 aromatic carbocycles. The largest absolute Gasteiger partial charge is 0.352 e. The standard InChI is InChI=1S/C21H32FN3O2/c1-14-9-16(11-17(22)10-14)20(27)24-12-15-5-7-18(8-6-15)23-13-19(26)25-21(2,3)4/h9-11,15,18,23H,5-8,12-13H2,1-4H3,(H,24,27)(H,25,26)/t15-,18-. The highest BCUT2D eigenvalue weighted by molar-refractivity contribution is 5.94. The van der Waals surface area contributed by atoms with E-state index in [1.165, 1.54) is 12.1 Å². The number of hydrogen-bond acceptors (Lipinski definition) is 3. The molecule has 1 aromatic rings. The molecule has 0 spiro atoms. The lowest BCUT2D eigenvalue weighted by Gasteiger charge is -2.29. The van der Waals surface area contributed by atoms with E-state index in [2.05, 4.69) is 16.0 Å². The zero-order chi connectivity index (χ0) is 20.0. The molecule has 1 fully saturated rings. The van der Waals surface area contributed by atoms with Gasteiger partial charge in [0.2, 0.25) is 5.91 Å². The molecular weight excluding hydrogens is 345 g/mol. The highest BCUT2D eigenvalue weighted by atomic mass is 19.1. The van der Waals surface area contributed by atoms with Crippen molar-refractivity contribution in [3.8, 4) is 0 Å². The molecule has 1 aliphatic carbocycles. The number of benzene rings is 1. The molecular formula is C21H32FN3O2. The van der Waals surface area contributed by atoms with Gasteiger partial charge in [0.05, 0.1) is 6.54 Å². The second kappa shape index (κ2) is 9.31. The summed E-state index contributed by atoms with van der Waals surface area (Å²) in [7, 11) is 0. The lowest BCUT2D eigenvalue weighted by molar-refractivity contribution is -0.121. The van der Waals surface area contributed by atoms with Crippen LogP contribution < -0.4 is 16.0 Å². The van der Waals surface area contributed by atoms with Gasteiger partial charge in [-0.2, -0.15) is 0 Å². The third kappa shape index (κ3) is 7.67. The van der Waals surface area contributed by atoms with Crippen molar-refractivity contribution in [3.05, 3.63) is 35.1 Å². The first kappa shape index (κ1) is 21.4. The molecule has 2 rings (SSSR count). The normalized spacial score (nSPS) is 20.2. The minimum Gasteiger partial charge on any atom is -0.352 e. The zero-order valence-corrected chi connectivity index (χ0v) is 16.8. The molecule has 6 heteroatoms. The van der Waals surface area contributed by atoms with E-state index in [1.54, 1.807) is 13.0 Å². The molecule has 0 saturated heterocycles. The molecule has 27 heavy (non-hydrogen) atoms. The molecule has 0 bridgehead atoms. The second-order valence-electron chi connectivity index (χ2n) is 8.62. The summed E-state index contributed by atoms with van der Waals surface area (Å²) < 4.78 is 13.4. The lowest BCUT2D eigenvalue weighted by atomic mass is 9.86. The Morgan fingerprint density at radius 2 is 1.78 bits per heavy atom. The molecule has 0 unspecified atom stereocenters. The van der Waals surface area contributed by atoms with Crippen LogP contribution in [0.25, 0.3) is 0 Å². The first-order chi connectivity index (χ1) is 12.6. The molecule has 0 heterocycles. The number of halogens is 1. The van der Waals surface area contributed by atoms with Gasteiger partial charge in [0.25, 0.3) is 5.91 Å². The Balaban J connectivity index is 1.68. The molecule has 0 aromatic heterocycles. The molecule has 0 aliphatic heterocycles. The molecule has 5 nitrogen and oxygen atoms in total. The number of amides is 2. The van der Waals surface area contributed by atoms with E-state index in [-0.39, 0.29) is 23.2 Å². The Morgan fingerprint density at radius 3 is 2.37 bits per heavy atom. The van der Waals surface area contributed by atoms with Crippen LogP contribution in [0.2, 0.25) is 0 Å². The van der Waals surface area contributed by atoms with Crippen molar-refractivity contribution in [3.63, 3.8) is 0 Å². The number of carbonyl (C=O) groups excluding carboxylic acids is 2. The third-order valence-electron chi connectivity index (χ3n) is 4.77. The van der Waals surface area contributed by atoms with Gasteiger partial charge in [-0.3, -0.25) is 9.59 Å². The van der Waals surface area contributed by atoms with E-state index >= 15 is 0 Å². The van der Waals surface area contributed by atoms with Gasteiger partial charge in [-0.1, -0.05) is 0 Å². The average molecular weight is 378 g/mol. The fourth-order valence-electron chi connectivity index (χ4n) is 3.48. The van der Waals surface area contributed by atoms with Crippen LogP contribution in [0, 0.1) is 18.7 Å². The van der Waals surface area contributed by atoms with Crippen LogP contribution in [0.5, 0.6) is 0 Å². The number of aryl methyl sites for hydroxylation is 1. The van der Waals surface area contributed by atoms with Gasteiger partial charge < -0.3 is 16.0 Å². The number of carbonyl (C=O) groups is 2. The maximum absolute atomic E-state index is 13.4. The van der Waals surface area contributed by atoms with Gasteiger partial charge in [-0.25, -0.2) is 4.39 Å². The van der Waals surface area contributed by atoms with Crippen molar-refractivity contribution < 1.29 is 14.0 Å². The fourth-order valence-corrected chi connectivity index (χ4v) is 3.48. The van der Waals surface area contributed by atoms with Gasteiger partial charge >= 0.3 is 0 Å². The van der Waals surface area contributed by atoms with Crippen molar-refractivity contribution in [2.75, 3.05) is 13.1 Å². The SMILES string of the molecule is Cc1cc(F)cc(C(=O)NC[C@H]2CC[C@H](NCC(=O)NC(C)(C)C)CC2)c1. The van der Waals surface area contributed by atoms with Gasteiger partial charge in [-0.05, 0) is 83.1 Å². The number of hydrogen-bond donors (Lipinski definition) is 3. The molecule has 0 radical (unpaired) electrons. The molecule has 1 saturated carbocycles. The van der Waals surface area contributed by atoms with Gasteiger partial charge in [0, 0.05) is 23.7 Å². The van der Waals surface area contributed by atoms with Crippen molar-refractivity contribution in [1.82, 2.24) is 16.0 Å². The summed E-state index contributed by atoms with van der Waals surface area (Å²) in [5, 5.41) is 9.20. The number of nitrogens with one attached hydrogen (secondary N) is 3. The Kier molecular flexibility index (Phi) is 7.36. The van der Waals surface area contributed by atoms with Gasteiger partial charge in [0.1, 0.15) is 5.82 Å². The number of rotatable bonds is 6. The maximum Gasteiger partial charge on any atom is 0.251 e. The monoisotopic (exact) mass is 377 g/mol. The van der Waals surface area contributed by atoms with Crippen LogP contribution in [-0.2, 0) is 4.79 Å². The Labute approximate surface area is 161 Å². The molecule has 0 atom stereocenters. The van der Waals surface area contributed by atoms with Crippen LogP contribution in [0.4, 0.5) is 4.39 Å². The Morgan fingerprint density at radius 1 is 1.11 bits per heavy atom. The maximum atomic E-state index is 13.4. The van der Waals surface area contributed by atoms with Gasteiger partial charge in [-0.15, -0.1) is 0 Å². The van der Waals surface area contributed by atoms with E-state index < -0.39 is 0 Å². The summed E-state index contributed by atoms with van der Waals surface area (Å²) in [6.07, 6.45) is 3.98. The predicted molar refractivity (Wildman–Crippen MR) is 105 cm³/mol. The summed E-state index contributed by atoms with van der Waals surface area (Å²) in [5.74, 6) is -0.175. The van der Waals surface area contributed by atoms with Crippen LogP contribution >= 0.6 is 0 Å². The smallest absolute Gasteiger partial charge is 0.251 e. The molecule has 2 amide bonds. The minimum atomic E-state index is -0.387. The third-order valence-corrected chi connectivity index (χ3v) is 4.77. The summed E-state index contributed by atoms with van der Waals surface area (Å²) in [6, 6.07) is 4.72. The fraction of sp³-hybridized carbons (Fsp3) is 0.619. The quantitative estimate of drug-likeness (QED) is 0.714. The second-order valence-corrected chi connectivity index (χ2v) is 8.62. The molecule has 3 N–H and O–H groups in total. The highest BCUT2D eigenvalue weighted by Gasteiger charge is 2.22.